The summed E-state index contributed by atoms with van der Waals surface area (Å²) in [5.41, 5.74) is 2.23. The summed E-state index contributed by atoms with van der Waals surface area (Å²) >= 11 is 1.26. The second kappa shape index (κ2) is 9.42. The van der Waals surface area contributed by atoms with Crippen LogP contribution in [0.25, 0.3) is 6.08 Å². The average molecular weight is 424 g/mol. The lowest BCUT2D eigenvalue weighted by molar-refractivity contribution is -0.109. The summed E-state index contributed by atoms with van der Waals surface area (Å²) in [5, 5.41) is 0.0714. The molecule has 2 aromatic rings. The predicted octanol–water partition coefficient (Wildman–Crippen LogP) is 5.56. The molecule has 1 saturated heterocycles. The lowest BCUT2D eigenvalue weighted by Crippen LogP contribution is -2.41. The monoisotopic (exact) mass is 424 g/mol. The van der Waals surface area contributed by atoms with Gasteiger partial charge in [0.2, 0.25) is 0 Å². The highest BCUT2D eigenvalue weighted by Gasteiger charge is 2.52. The van der Waals surface area contributed by atoms with E-state index in [1.54, 1.807) is 6.92 Å². The van der Waals surface area contributed by atoms with E-state index >= 15 is 0 Å². The Morgan fingerprint density at radius 2 is 1.60 bits per heavy atom. The standard InChI is InChI=1S/C24H29BO4S/c1-18(26)30-17-21(25-28-23(2,3)24(4,5)29-25)15-19-11-13-22(14-12-19)27-16-20-9-7-6-8-10-20/h6-15H,16-17H2,1-5H3. The molecular formula is C24H29BO4S. The summed E-state index contributed by atoms with van der Waals surface area (Å²) in [5.74, 6) is 1.34. The molecule has 4 nitrogen and oxygen atoms in total. The Morgan fingerprint density at radius 1 is 1.00 bits per heavy atom. The van der Waals surface area contributed by atoms with E-state index in [4.69, 9.17) is 14.0 Å². The first-order valence-electron chi connectivity index (χ1n) is 10.1. The van der Waals surface area contributed by atoms with Crippen molar-refractivity contribution < 1.29 is 18.8 Å². The molecule has 0 bridgehead atoms. The Labute approximate surface area is 184 Å². The first-order chi connectivity index (χ1) is 14.2. The van der Waals surface area contributed by atoms with Crippen molar-refractivity contribution >= 4 is 30.1 Å². The van der Waals surface area contributed by atoms with Gasteiger partial charge >= 0.3 is 7.12 Å². The number of hydrogen-bond donors (Lipinski definition) is 0. The Bertz CT molecular complexity index is 875. The quantitative estimate of drug-likeness (QED) is 0.545. The smallest absolute Gasteiger partial charge is 0.489 e. The molecule has 2 aromatic carbocycles. The first kappa shape index (κ1) is 22.7. The van der Waals surface area contributed by atoms with E-state index in [2.05, 4.69) is 0 Å². The zero-order valence-electron chi connectivity index (χ0n) is 18.3. The van der Waals surface area contributed by atoms with Gasteiger partial charge in [-0.15, -0.1) is 0 Å². The molecule has 1 heterocycles. The van der Waals surface area contributed by atoms with E-state index in [0.717, 1.165) is 22.3 Å². The Hall–Kier alpha value is -2.02. The molecule has 6 heteroatoms. The molecular weight excluding hydrogens is 395 g/mol. The lowest BCUT2D eigenvalue weighted by atomic mass is 9.78. The third-order valence-corrected chi connectivity index (χ3v) is 6.36. The van der Waals surface area contributed by atoms with Crippen LogP contribution in [0.15, 0.2) is 60.1 Å². The van der Waals surface area contributed by atoms with Crippen molar-refractivity contribution in [2.45, 2.75) is 52.4 Å². The van der Waals surface area contributed by atoms with Crippen LogP contribution in [-0.2, 0) is 20.7 Å². The van der Waals surface area contributed by atoms with Gasteiger partial charge in [-0.05, 0) is 56.4 Å². The van der Waals surface area contributed by atoms with Gasteiger partial charge in [0.25, 0.3) is 0 Å². The summed E-state index contributed by atoms with van der Waals surface area (Å²) in [6.45, 7) is 10.2. The number of ether oxygens (including phenoxy) is 1. The van der Waals surface area contributed by atoms with Crippen molar-refractivity contribution in [1.29, 1.82) is 0 Å². The highest BCUT2D eigenvalue weighted by atomic mass is 32.2. The predicted molar refractivity (Wildman–Crippen MR) is 124 cm³/mol. The summed E-state index contributed by atoms with van der Waals surface area (Å²) in [6, 6.07) is 18.0. The van der Waals surface area contributed by atoms with Crippen LogP contribution < -0.4 is 4.74 Å². The lowest BCUT2D eigenvalue weighted by Gasteiger charge is -2.32. The second-order valence-corrected chi connectivity index (χ2v) is 9.58. The van der Waals surface area contributed by atoms with Gasteiger partial charge < -0.3 is 14.0 Å². The molecule has 3 rings (SSSR count). The van der Waals surface area contributed by atoms with Crippen LogP contribution in [0.1, 0.15) is 45.7 Å². The number of thioether (sulfide) groups is 1. The largest absolute Gasteiger partial charge is 0.491 e. The molecule has 1 aliphatic heterocycles. The van der Waals surface area contributed by atoms with E-state index in [1.165, 1.54) is 11.8 Å². The van der Waals surface area contributed by atoms with Gasteiger partial charge in [-0.3, -0.25) is 4.79 Å². The minimum atomic E-state index is -0.476. The van der Waals surface area contributed by atoms with E-state index in [-0.39, 0.29) is 5.12 Å². The van der Waals surface area contributed by atoms with Crippen LogP contribution in [-0.4, -0.2) is 29.2 Å². The van der Waals surface area contributed by atoms with E-state index in [0.29, 0.717) is 12.4 Å². The van der Waals surface area contributed by atoms with E-state index in [9.17, 15) is 4.79 Å². The molecule has 158 valence electrons. The fourth-order valence-electron chi connectivity index (χ4n) is 2.97. The average Bonchev–Trinajstić information content (AvgIpc) is 2.92. The second-order valence-electron chi connectivity index (χ2n) is 8.43. The van der Waals surface area contributed by atoms with Crippen LogP contribution >= 0.6 is 11.8 Å². The summed E-state index contributed by atoms with van der Waals surface area (Å²) in [4.78, 5) is 11.5. The third-order valence-electron chi connectivity index (χ3n) is 5.48. The summed E-state index contributed by atoms with van der Waals surface area (Å²) in [7, 11) is -0.476. The highest BCUT2D eigenvalue weighted by Crippen LogP contribution is 2.39. The van der Waals surface area contributed by atoms with Gasteiger partial charge in [0.15, 0.2) is 5.12 Å². The summed E-state index contributed by atoms with van der Waals surface area (Å²) in [6.07, 6.45) is 2.04. The van der Waals surface area contributed by atoms with E-state index in [1.807, 2.05) is 88.4 Å². The minimum Gasteiger partial charge on any atom is -0.489 e. The molecule has 1 aliphatic rings. The molecule has 0 saturated carbocycles. The molecule has 0 radical (unpaired) electrons. The fourth-order valence-corrected chi connectivity index (χ4v) is 3.56. The molecule has 0 atom stereocenters. The molecule has 0 amide bonds. The molecule has 0 aliphatic carbocycles. The topological polar surface area (TPSA) is 44.8 Å². The first-order valence-corrected chi connectivity index (χ1v) is 11.1. The normalized spacial score (nSPS) is 17.8. The maximum absolute atomic E-state index is 11.5. The van der Waals surface area contributed by atoms with Crippen molar-refractivity contribution in [3.8, 4) is 5.75 Å². The maximum Gasteiger partial charge on any atom is 0.491 e. The van der Waals surface area contributed by atoms with Gasteiger partial charge in [0, 0.05) is 12.7 Å². The van der Waals surface area contributed by atoms with Crippen molar-refractivity contribution in [2.24, 2.45) is 0 Å². The van der Waals surface area contributed by atoms with Crippen LogP contribution in [0.3, 0.4) is 0 Å². The maximum atomic E-state index is 11.5. The summed E-state index contributed by atoms with van der Waals surface area (Å²) < 4.78 is 18.3. The Balaban J connectivity index is 1.73. The van der Waals surface area contributed by atoms with Crippen molar-refractivity contribution in [3.63, 3.8) is 0 Å². The van der Waals surface area contributed by atoms with Crippen LogP contribution in [0.4, 0.5) is 0 Å². The number of rotatable bonds is 7. The molecule has 0 spiro atoms. The van der Waals surface area contributed by atoms with Gasteiger partial charge in [-0.25, -0.2) is 0 Å². The van der Waals surface area contributed by atoms with Gasteiger partial charge in [0.05, 0.1) is 11.2 Å². The number of benzene rings is 2. The number of carbonyl (C=O) groups excluding carboxylic acids is 1. The zero-order chi connectivity index (χ0) is 21.8. The molecule has 0 N–H and O–H groups in total. The van der Waals surface area contributed by atoms with Crippen LogP contribution in [0.5, 0.6) is 5.75 Å². The zero-order valence-corrected chi connectivity index (χ0v) is 19.1. The van der Waals surface area contributed by atoms with Crippen LogP contribution in [0, 0.1) is 0 Å². The molecule has 0 aromatic heterocycles. The SMILES string of the molecule is CC(=O)SCC(=Cc1ccc(OCc2ccccc2)cc1)B1OC(C)(C)C(C)(C)O1. The Kier molecular flexibility index (Phi) is 7.12. The third kappa shape index (κ3) is 5.78. The van der Waals surface area contributed by atoms with E-state index < -0.39 is 18.3 Å². The van der Waals surface area contributed by atoms with Gasteiger partial charge in [-0.2, -0.15) is 0 Å². The molecule has 1 fully saturated rings. The van der Waals surface area contributed by atoms with Gasteiger partial charge in [-0.1, -0.05) is 60.3 Å². The fraction of sp³-hybridized carbons (Fsp3) is 0.375. The van der Waals surface area contributed by atoms with Crippen molar-refractivity contribution in [1.82, 2.24) is 0 Å². The van der Waals surface area contributed by atoms with Crippen LogP contribution in [0.2, 0.25) is 0 Å². The minimum absolute atomic E-state index is 0.0714. The number of carbonyl (C=O) groups is 1. The van der Waals surface area contributed by atoms with Gasteiger partial charge in [0.1, 0.15) is 12.4 Å². The van der Waals surface area contributed by atoms with Crippen molar-refractivity contribution in [2.75, 3.05) is 5.75 Å². The molecule has 0 unspecified atom stereocenters. The number of hydrogen-bond acceptors (Lipinski definition) is 5. The Morgan fingerprint density at radius 3 is 2.17 bits per heavy atom. The highest BCUT2D eigenvalue weighted by molar-refractivity contribution is 8.13. The molecule has 30 heavy (non-hydrogen) atoms. The van der Waals surface area contributed by atoms with Crippen molar-refractivity contribution in [3.05, 3.63) is 71.2 Å².